The van der Waals surface area contributed by atoms with Gasteiger partial charge >= 0.3 is 18.0 Å². The number of carbonyl (C=O) groups is 2. The van der Waals surface area contributed by atoms with Crippen LogP contribution in [0.25, 0.3) is 0 Å². The van der Waals surface area contributed by atoms with Gasteiger partial charge in [0.1, 0.15) is 18.1 Å². The molecule has 3 rings (SSSR count). The molecule has 0 radical (unpaired) electrons. The van der Waals surface area contributed by atoms with Crippen molar-refractivity contribution in [3.63, 3.8) is 0 Å². The molecular formula is C24H19ClF3N3O4. The number of nitrogens with one attached hydrogen (secondary N) is 2. The largest absolute Gasteiger partial charge is 0.496 e. The lowest BCUT2D eigenvalue weighted by molar-refractivity contribution is -0.137. The Balaban J connectivity index is 1.59. The second-order valence-electron chi connectivity index (χ2n) is 7.02. The number of anilines is 1. The van der Waals surface area contributed by atoms with Crippen LogP contribution < -0.4 is 20.2 Å². The van der Waals surface area contributed by atoms with Crippen molar-refractivity contribution < 1.29 is 32.2 Å². The maximum atomic E-state index is 12.6. The van der Waals surface area contributed by atoms with Crippen LogP contribution >= 0.6 is 11.6 Å². The zero-order chi connectivity index (χ0) is 25.4. The van der Waals surface area contributed by atoms with E-state index in [2.05, 4.69) is 15.8 Å². The van der Waals surface area contributed by atoms with E-state index in [1.165, 1.54) is 13.3 Å². The van der Waals surface area contributed by atoms with Gasteiger partial charge in [-0.3, -0.25) is 9.59 Å². The lowest BCUT2D eigenvalue weighted by atomic mass is 10.1. The van der Waals surface area contributed by atoms with Crippen molar-refractivity contribution in [2.45, 2.75) is 12.8 Å². The zero-order valence-electron chi connectivity index (χ0n) is 18.2. The summed E-state index contributed by atoms with van der Waals surface area (Å²) in [6.07, 6.45) is -3.20. The van der Waals surface area contributed by atoms with Gasteiger partial charge in [0.25, 0.3) is 0 Å². The maximum absolute atomic E-state index is 12.6. The molecule has 0 saturated heterocycles. The van der Waals surface area contributed by atoms with Crippen LogP contribution in [0.5, 0.6) is 11.5 Å². The number of para-hydroxylation sites is 1. The molecule has 0 aromatic heterocycles. The Morgan fingerprint density at radius 3 is 2.37 bits per heavy atom. The number of nitrogens with zero attached hydrogens (tertiary/aromatic N) is 1. The number of amides is 2. The molecule has 7 nitrogen and oxygen atoms in total. The van der Waals surface area contributed by atoms with Crippen LogP contribution in [0.15, 0.2) is 71.8 Å². The van der Waals surface area contributed by atoms with Crippen molar-refractivity contribution in [3.8, 4) is 11.5 Å². The van der Waals surface area contributed by atoms with E-state index in [-0.39, 0.29) is 12.3 Å². The summed E-state index contributed by atoms with van der Waals surface area (Å²) >= 11 is 6.10. The van der Waals surface area contributed by atoms with Crippen molar-refractivity contribution in [1.29, 1.82) is 0 Å². The highest BCUT2D eigenvalue weighted by atomic mass is 35.5. The van der Waals surface area contributed by atoms with Gasteiger partial charge in [0.2, 0.25) is 0 Å². The lowest BCUT2D eigenvalue weighted by Gasteiger charge is -2.12. The average molecular weight is 506 g/mol. The Morgan fingerprint density at radius 1 is 1.00 bits per heavy atom. The molecule has 0 aliphatic rings. The minimum atomic E-state index is -4.50. The van der Waals surface area contributed by atoms with E-state index in [9.17, 15) is 22.8 Å². The molecule has 182 valence electrons. The first kappa shape index (κ1) is 25.6. The van der Waals surface area contributed by atoms with Crippen molar-refractivity contribution in [1.82, 2.24) is 5.43 Å². The third-order valence-electron chi connectivity index (χ3n) is 4.58. The van der Waals surface area contributed by atoms with Crippen LogP contribution in [0.1, 0.15) is 16.7 Å². The standard InChI is InChI=1S/C24H19ClF3N3O4/c1-34-20-11-6-15(12-16(20)14-35-21-5-3-2-4-19(21)25)13-29-31-23(33)22(32)30-18-9-7-17(8-10-18)24(26,27)28/h2-13H,14H2,1H3,(H,30,32)(H,31,33)/b29-13+. The number of benzene rings is 3. The number of ether oxygens (including phenoxy) is 2. The van der Waals surface area contributed by atoms with Crippen molar-refractivity contribution in [3.05, 3.63) is 88.4 Å². The van der Waals surface area contributed by atoms with Crippen LogP contribution in [0, 0.1) is 0 Å². The molecule has 0 fully saturated rings. The fourth-order valence-electron chi connectivity index (χ4n) is 2.86. The molecule has 0 atom stereocenters. The van der Waals surface area contributed by atoms with Crippen molar-refractivity contribution >= 4 is 35.3 Å². The summed E-state index contributed by atoms with van der Waals surface area (Å²) in [4.78, 5) is 23.9. The summed E-state index contributed by atoms with van der Waals surface area (Å²) in [6.45, 7) is 0.149. The summed E-state index contributed by atoms with van der Waals surface area (Å²) < 4.78 is 48.9. The summed E-state index contributed by atoms with van der Waals surface area (Å²) in [5.74, 6) is -1.13. The Kier molecular flexibility index (Phi) is 8.32. The van der Waals surface area contributed by atoms with Gasteiger partial charge < -0.3 is 14.8 Å². The molecule has 11 heteroatoms. The predicted octanol–water partition coefficient (Wildman–Crippen LogP) is 5.04. The Morgan fingerprint density at radius 2 is 1.71 bits per heavy atom. The normalized spacial score (nSPS) is 11.2. The SMILES string of the molecule is COc1ccc(/C=N/NC(=O)C(=O)Nc2ccc(C(F)(F)F)cc2)cc1COc1ccccc1Cl. The molecule has 35 heavy (non-hydrogen) atoms. The molecular weight excluding hydrogens is 487 g/mol. The van der Waals surface area contributed by atoms with E-state index in [4.69, 9.17) is 21.1 Å². The fraction of sp³-hybridized carbons (Fsp3) is 0.125. The van der Waals surface area contributed by atoms with Crippen LogP contribution in [0.3, 0.4) is 0 Å². The summed E-state index contributed by atoms with van der Waals surface area (Å²) in [5, 5.41) is 6.40. The lowest BCUT2D eigenvalue weighted by Crippen LogP contribution is -2.32. The fourth-order valence-corrected chi connectivity index (χ4v) is 3.05. The number of hydrogen-bond donors (Lipinski definition) is 2. The van der Waals surface area contributed by atoms with Crippen molar-refractivity contribution in [2.24, 2.45) is 5.10 Å². The first-order chi connectivity index (χ1) is 16.7. The number of rotatable bonds is 7. The van der Waals surface area contributed by atoms with E-state index in [1.807, 2.05) is 0 Å². The van der Waals surface area contributed by atoms with Gasteiger partial charge in [-0.1, -0.05) is 23.7 Å². The monoisotopic (exact) mass is 505 g/mol. The number of carbonyl (C=O) groups excluding carboxylic acids is 2. The number of hydrazone groups is 1. The molecule has 0 bridgehead atoms. The number of methoxy groups -OCH3 is 1. The Hall–Kier alpha value is -4.05. The topological polar surface area (TPSA) is 89.0 Å². The minimum absolute atomic E-state index is 0.0282. The molecule has 2 N–H and O–H groups in total. The molecule has 0 saturated carbocycles. The highest BCUT2D eigenvalue weighted by molar-refractivity contribution is 6.39. The third-order valence-corrected chi connectivity index (χ3v) is 4.89. The second kappa shape index (κ2) is 11.4. The van der Waals surface area contributed by atoms with E-state index >= 15 is 0 Å². The van der Waals surface area contributed by atoms with Crippen molar-refractivity contribution in [2.75, 3.05) is 12.4 Å². The van der Waals surface area contributed by atoms with Crippen LogP contribution in [0.4, 0.5) is 18.9 Å². The van der Waals surface area contributed by atoms with E-state index in [0.717, 1.165) is 24.3 Å². The van der Waals surface area contributed by atoms with Gasteiger partial charge in [-0.05, 0) is 60.2 Å². The van der Waals surface area contributed by atoms with Gasteiger partial charge in [0, 0.05) is 11.3 Å². The van der Waals surface area contributed by atoms with Gasteiger partial charge in [-0.2, -0.15) is 18.3 Å². The minimum Gasteiger partial charge on any atom is -0.496 e. The van der Waals surface area contributed by atoms with Gasteiger partial charge in [-0.15, -0.1) is 0 Å². The molecule has 3 aromatic carbocycles. The molecule has 2 amide bonds. The molecule has 0 spiro atoms. The first-order valence-corrected chi connectivity index (χ1v) is 10.4. The third kappa shape index (κ3) is 7.21. The van der Waals surface area contributed by atoms with Gasteiger partial charge in [0.15, 0.2) is 0 Å². The molecule has 3 aromatic rings. The molecule has 0 unspecified atom stereocenters. The van der Waals surface area contributed by atoms with Crippen LogP contribution in [-0.2, 0) is 22.4 Å². The Bertz CT molecular complexity index is 1230. The predicted molar refractivity (Wildman–Crippen MR) is 125 cm³/mol. The average Bonchev–Trinajstić information content (AvgIpc) is 2.83. The first-order valence-electron chi connectivity index (χ1n) is 10.0. The van der Waals surface area contributed by atoms with Crippen LogP contribution in [-0.4, -0.2) is 25.1 Å². The maximum Gasteiger partial charge on any atom is 0.416 e. The smallest absolute Gasteiger partial charge is 0.416 e. The Labute approximate surface area is 203 Å². The second-order valence-corrected chi connectivity index (χ2v) is 7.43. The zero-order valence-corrected chi connectivity index (χ0v) is 19.0. The molecule has 0 heterocycles. The molecule has 0 aliphatic carbocycles. The van der Waals surface area contributed by atoms with Gasteiger partial charge in [0.05, 0.1) is 23.9 Å². The quantitative estimate of drug-likeness (QED) is 0.268. The summed E-state index contributed by atoms with van der Waals surface area (Å²) in [5.41, 5.74) is 2.47. The number of halogens is 4. The van der Waals surface area contributed by atoms with Crippen LogP contribution in [0.2, 0.25) is 5.02 Å². The van der Waals surface area contributed by atoms with E-state index < -0.39 is 23.6 Å². The van der Waals surface area contributed by atoms with Gasteiger partial charge in [-0.25, -0.2) is 5.43 Å². The van der Waals surface area contributed by atoms with E-state index in [0.29, 0.717) is 27.6 Å². The van der Waals surface area contributed by atoms with E-state index in [1.54, 1.807) is 42.5 Å². The number of hydrogen-bond acceptors (Lipinski definition) is 5. The highest BCUT2D eigenvalue weighted by Crippen LogP contribution is 2.30. The highest BCUT2D eigenvalue weighted by Gasteiger charge is 2.30. The number of alkyl halides is 3. The summed E-state index contributed by atoms with van der Waals surface area (Å²) in [7, 11) is 1.51. The molecule has 0 aliphatic heterocycles. The summed E-state index contributed by atoms with van der Waals surface area (Å²) in [6, 6.07) is 15.8.